The van der Waals surface area contributed by atoms with E-state index in [1.807, 2.05) is 6.07 Å². The minimum absolute atomic E-state index is 0.126. The second-order valence-electron chi connectivity index (χ2n) is 2.48. The SMILES string of the molecule is N#Cc1ccc(C(N)=O)c(CF)c1. The van der Waals surface area contributed by atoms with E-state index in [0.29, 0.717) is 5.56 Å². The molecule has 1 amide bonds. The van der Waals surface area contributed by atoms with Crippen LogP contribution in [0.2, 0.25) is 0 Å². The van der Waals surface area contributed by atoms with E-state index in [2.05, 4.69) is 0 Å². The van der Waals surface area contributed by atoms with Gasteiger partial charge in [0, 0.05) is 5.56 Å². The van der Waals surface area contributed by atoms with E-state index in [1.54, 1.807) is 0 Å². The zero-order valence-electron chi connectivity index (χ0n) is 6.75. The number of rotatable bonds is 2. The van der Waals surface area contributed by atoms with Crippen molar-refractivity contribution in [2.75, 3.05) is 0 Å². The number of carbonyl (C=O) groups is 1. The molecule has 0 saturated carbocycles. The number of nitriles is 1. The zero-order valence-corrected chi connectivity index (χ0v) is 6.75. The lowest BCUT2D eigenvalue weighted by molar-refractivity contribution is 0.0998. The molecule has 0 aliphatic carbocycles. The lowest BCUT2D eigenvalue weighted by Gasteiger charge is -2.01. The molecule has 2 N–H and O–H groups in total. The molecule has 0 fully saturated rings. The van der Waals surface area contributed by atoms with Crippen LogP contribution < -0.4 is 5.73 Å². The molecule has 1 aromatic carbocycles. The summed E-state index contributed by atoms with van der Waals surface area (Å²) in [5.74, 6) is -0.683. The quantitative estimate of drug-likeness (QED) is 0.737. The third-order valence-corrected chi connectivity index (χ3v) is 1.64. The average molecular weight is 178 g/mol. The van der Waals surface area contributed by atoms with Crippen LogP contribution in [-0.4, -0.2) is 5.91 Å². The van der Waals surface area contributed by atoms with Gasteiger partial charge in [-0.3, -0.25) is 4.79 Å². The molecule has 0 unspecified atom stereocenters. The summed E-state index contributed by atoms with van der Waals surface area (Å²) in [6.45, 7) is -0.798. The largest absolute Gasteiger partial charge is 0.366 e. The first-order chi connectivity index (χ1) is 6.19. The Labute approximate surface area is 74.6 Å². The smallest absolute Gasteiger partial charge is 0.249 e. The summed E-state index contributed by atoms with van der Waals surface area (Å²) < 4.78 is 12.3. The van der Waals surface area contributed by atoms with E-state index in [1.165, 1.54) is 18.2 Å². The maximum absolute atomic E-state index is 12.3. The van der Waals surface area contributed by atoms with Crippen molar-refractivity contribution in [2.45, 2.75) is 6.67 Å². The molecule has 0 saturated heterocycles. The summed E-state index contributed by atoms with van der Waals surface area (Å²) in [5.41, 5.74) is 5.60. The zero-order chi connectivity index (χ0) is 9.84. The normalized spacial score (nSPS) is 9.23. The van der Waals surface area contributed by atoms with E-state index in [-0.39, 0.29) is 11.1 Å². The summed E-state index contributed by atoms with van der Waals surface area (Å²) in [7, 11) is 0. The van der Waals surface area contributed by atoms with Crippen LogP contribution in [0.25, 0.3) is 0 Å². The highest BCUT2D eigenvalue weighted by Gasteiger charge is 2.08. The van der Waals surface area contributed by atoms with Crippen molar-refractivity contribution in [3.63, 3.8) is 0 Å². The molecule has 0 heterocycles. The van der Waals surface area contributed by atoms with Gasteiger partial charge in [0.05, 0.1) is 11.6 Å². The number of hydrogen-bond acceptors (Lipinski definition) is 2. The number of hydrogen-bond donors (Lipinski definition) is 1. The molecule has 0 bridgehead atoms. The van der Waals surface area contributed by atoms with Crippen LogP contribution in [0.5, 0.6) is 0 Å². The van der Waals surface area contributed by atoms with Gasteiger partial charge in [0.15, 0.2) is 0 Å². The number of benzene rings is 1. The van der Waals surface area contributed by atoms with Crippen molar-refractivity contribution in [3.8, 4) is 6.07 Å². The second-order valence-corrected chi connectivity index (χ2v) is 2.48. The van der Waals surface area contributed by atoms with Crippen LogP contribution >= 0.6 is 0 Å². The van der Waals surface area contributed by atoms with Gasteiger partial charge < -0.3 is 5.73 Å². The monoisotopic (exact) mass is 178 g/mol. The average Bonchev–Trinajstić information content (AvgIpc) is 2.16. The molecular weight excluding hydrogens is 171 g/mol. The number of amides is 1. The standard InChI is InChI=1S/C9H7FN2O/c10-4-7-3-6(5-11)1-2-8(7)9(12)13/h1-3H,4H2,(H2,12,13). The van der Waals surface area contributed by atoms with Crippen molar-refractivity contribution >= 4 is 5.91 Å². The van der Waals surface area contributed by atoms with Crippen LogP contribution in [0.3, 0.4) is 0 Å². The molecule has 3 nitrogen and oxygen atoms in total. The first kappa shape index (κ1) is 9.20. The molecule has 0 atom stereocenters. The fourth-order valence-electron chi connectivity index (χ4n) is 1.01. The van der Waals surface area contributed by atoms with Crippen molar-refractivity contribution in [3.05, 3.63) is 34.9 Å². The van der Waals surface area contributed by atoms with Crippen molar-refractivity contribution in [1.29, 1.82) is 5.26 Å². The van der Waals surface area contributed by atoms with Gasteiger partial charge in [0.2, 0.25) is 5.91 Å². The van der Waals surface area contributed by atoms with Gasteiger partial charge in [-0.1, -0.05) is 0 Å². The van der Waals surface area contributed by atoms with Crippen LogP contribution in [0.4, 0.5) is 4.39 Å². The van der Waals surface area contributed by atoms with Crippen LogP contribution in [0, 0.1) is 11.3 Å². The van der Waals surface area contributed by atoms with Crippen LogP contribution in [0.1, 0.15) is 21.5 Å². The highest BCUT2D eigenvalue weighted by molar-refractivity contribution is 5.94. The van der Waals surface area contributed by atoms with Crippen LogP contribution in [0.15, 0.2) is 18.2 Å². The Morgan fingerprint density at radius 2 is 2.31 bits per heavy atom. The summed E-state index contributed by atoms with van der Waals surface area (Å²) in [5, 5.41) is 8.50. The molecule has 4 heteroatoms. The van der Waals surface area contributed by atoms with Gasteiger partial charge >= 0.3 is 0 Å². The Kier molecular flexibility index (Phi) is 2.60. The van der Waals surface area contributed by atoms with Crippen LogP contribution in [-0.2, 0) is 6.67 Å². The van der Waals surface area contributed by atoms with Crippen molar-refractivity contribution < 1.29 is 9.18 Å². The predicted molar refractivity (Wildman–Crippen MR) is 44.5 cm³/mol. The molecule has 1 aromatic rings. The molecule has 66 valence electrons. The Hall–Kier alpha value is -1.89. The fraction of sp³-hybridized carbons (Fsp3) is 0.111. The third-order valence-electron chi connectivity index (χ3n) is 1.64. The van der Waals surface area contributed by atoms with Gasteiger partial charge in [-0.05, 0) is 23.8 Å². The number of carbonyl (C=O) groups excluding carboxylic acids is 1. The predicted octanol–water partition coefficient (Wildman–Crippen LogP) is 1.13. The Balaban J connectivity index is 3.25. The first-order valence-corrected chi connectivity index (χ1v) is 3.58. The van der Waals surface area contributed by atoms with E-state index in [4.69, 9.17) is 11.0 Å². The Morgan fingerprint density at radius 1 is 1.62 bits per heavy atom. The number of nitrogens with two attached hydrogens (primary N) is 1. The van der Waals surface area contributed by atoms with Crippen molar-refractivity contribution in [1.82, 2.24) is 0 Å². The Morgan fingerprint density at radius 3 is 2.77 bits per heavy atom. The summed E-state index contributed by atoms with van der Waals surface area (Å²) in [6.07, 6.45) is 0. The van der Waals surface area contributed by atoms with Gasteiger partial charge in [-0.15, -0.1) is 0 Å². The lowest BCUT2D eigenvalue weighted by Crippen LogP contribution is -2.13. The number of halogens is 1. The maximum Gasteiger partial charge on any atom is 0.249 e. The van der Waals surface area contributed by atoms with Gasteiger partial charge in [0.1, 0.15) is 6.67 Å². The Bertz CT molecular complexity index is 382. The molecule has 0 aliphatic heterocycles. The van der Waals surface area contributed by atoms with E-state index in [9.17, 15) is 9.18 Å². The van der Waals surface area contributed by atoms with E-state index in [0.717, 1.165) is 0 Å². The summed E-state index contributed by atoms with van der Waals surface area (Å²) >= 11 is 0. The minimum Gasteiger partial charge on any atom is -0.366 e. The lowest BCUT2D eigenvalue weighted by atomic mass is 10.1. The molecule has 13 heavy (non-hydrogen) atoms. The van der Waals surface area contributed by atoms with E-state index >= 15 is 0 Å². The molecular formula is C9H7FN2O. The minimum atomic E-state index is -0.798. The molecule has 0 spiro atoms. The molecule has 1 rings (SSSR count). The van der Waals surface area contributed by atoms with Gasteiger partial charge in [-0.2, -0.15) is 5.26 Å². The van der Waals surface area contributed by atoms with Gasteiger partial charge in [-0.25, -0.2) is 4.39 Å². The first-order valence-electron chi connectivity index (χ1n) is 3.58. The summed E-state index contributed by atoms with van der Waals surface area (Å²) in [6, 6.07) is 5.96. The number of nitrogens with zero attached hydrogens (tertiary/aromatic N) is 1. The fourth-order valence-corrected chi connectivity index (χ4v) is 1.01. The molecule has 0 aliphatic rings. The van der Waals surface area contributed by atoms with Gasteiger partial charge in [0.25, 0.3) is 0 Å². The third kappa shape index (κ3) is 1.82. The molecule has 0 radical (unpaired) electrons. The maximum atomic E-state index is 12.3. The number of primary amides is 1. The topological polar surface area (TPSA) is 66.9 Å². The van der Waals surface area contributed by atoms with E-state index < -0.39 is 12.6 Å². The summed E-state index contributed by atoms with van der Waals surface area (Å²) in [4.78, 5) is 10.8. The second kappa shape index (κ2) is 3.68. The van der Waals surface area contributed by atoms with Crippen molar-refractivity contribution in [2.24, 2.45) is 5.73 Å². The molecule has 0 aromatic heterocycles. The highest BCUT2D eigenvalue weighted by Crippen LogP contribution is 2.12. The number of alkyl halides is 1. The highest BCUT2D eigenvalue weighted by atomic mass is 19.1.